The van der Waals surface area contributed by atoms with Crippen LogP contribution in [0.4, 0.5) is 5.69 Å². The van der Waals surface area contributed by atoms with E-state index in [4.69, 9.17) is 4.74 Å². The Morgan fingerprint density at radius 1 is 1.29 bits per heavy atom. The van der Waals surface area contributed by atoms with Crippen LogP contribution in [0.15, 0.2) is 24.3 Å². The molecule has 1 aromatic carbocycles. The lowest BCUT2D eigenvalue weighted by Crippen LogP contribution is -2.67. The highest BCUT2D eigenvalue weighted by Crippen LogP contribution is 2.68. The molecule has 6 atom stereocenters. The van der Waals surface area contributed by atoms with E-state index in [0.717, 1.165) is 19.4 Å². The molecule has 1 saturated carbocycles. The van der Waals surface area contributed by atoms with E-state index in [9.17, 15) is 4.79 Å². The number of piperidine rings is 1. The van der Waals surface area contributed by atoms with E-state index in [1.807, 2.05) is 0 Å². The number of para-hydroxylation sites is 1. The first kappa shape index (κ1) is 13.7. The fourth-order valence-corrected chi connectivity index (χ4v) is 7.17. The van der Waals surface area contributed by atoms with Crippen molar-refractivity contribution in [2.75, 3.05) is 18.5 Å². The molecule has 3 saturated heterocycles. The number of ether oxygens (including phenoxy) is 1. The summed E-state index contributed by atoms with van der Waals surface area (Å²) in [7, 11) is 2.25. The van der Waals surface area contributed by atoms with E-state index >= 15 is 0 Å². The molecule has 1 aromatic rings. The van der Waals surface area contributed by atoms with Crippen LogP contribution >= 0.6 is 0 Å². The Balaban J connectivity index is 1.62. The molecule has 4 heteroatoms. The molecule has 1 aliphatic carbocycles. The molecule has 4 fully saturated rings. The Morgan fingerprint density at radius 2 is 2.12 bits per heavy atom. The Bertz CT molecular complexity index is 764. The van der Waals surface area contributed by atoms with Gasteiger partial charge in [-0.05, 0) is 37.3 Å². The van der Waals surface area contributed by atoms with Gasteiger partial charge in [0.2, 0.25) is 0 Å². The quantitative estimate of drug-likeness (QED) is 0.744. The van der Waals surface area contributed by atoms with Gasteiger partial charge in [0.1, 0.15) is 6.10 Å². The molecule has 6 rings (SSSR count). The summed E-state index contributed by atoms with van der Waals surface area (Å²) < 4.78 is 5.96. The van der Waals surface area contributed by atoms with Crippen LogP contribution in [-0.2, 0) is 14.9 Å². The van der Waals surface area contributed by atoms with Crippen molar-refractivity contribution in [3.8, 4) is 0 Å². The second-order valence-electron chi connectivity index (χ2n) is 8.47. The molecule has 24 heavy (non-hydrogen) atoms. The van der Waals surface area contributed by atoms with Gasteiger partial charge in [-0.1, -0.05) is 25.1 Å². The zero-order valence-corrected chi connectivity index (χ0v) is 14.4. The summed E-state index contributed by atoms with van der Waals surface area (Å²) in [5, 5.41) is 0. The topological polar surface area (TPSA) is 36.1 Å². The van der Waals surface area contributed by atoms with Gasteiger partial charge in [-0.3, -0.25) is 4.79 Å². The first-order chi connectivity index (χ1) is 11.6. The zero-order chi connectivity index (χ0) is 16.3. The van der Waals surface area contributed by atoms with Gasteiger partial charge in [-0.25, -0.2) is 0 Å². The van der Waals surface area contributed by atoms with Gasteiger partial charge in [-0.2, -0.15) is 0 Å². The second-order valence-corrected chi connectivity index (χ2v) is 8.47. The van der Waals surface area contributed by atoms with Crippen LogP contribution in [0.25, 0.3) is 0 Å². The van der Waals surface area contributed by atoms with Crippen molar-refractivity contribution in [1.82, 2.24) is 4.90 Å². The van der Waals surface area contributed by atoms with Gasteiger partial charge in [-0.15, -0.1) is 0 Å². The van der Waals surface area contributed by atoms with E-state index in [2.05, 4.69) is 48.0 Å². The smallest absolute Gasteiger partial charge is 0.254 e. The van der Waals surface area contributed by atoms with Crippen LogP contribution < -0.4 is 4.90 Å². The van der Waals surface area contributed by atoms with Crippen molar-refractivity contribution in [2.45, 2.75) is 62.3 Å². The molecule has 4 nitrogen and oxygen atoms in total. The average Bonchev–Trinajstić information content (AvgIpc) is 3.27. The third-order valence-corrected chi connectivity index (χ3v) is 8.08. The predicted molar refractivity (Wildman–Crippen MR) is 91.0 cm³/mol. The summed E-state index contributed by atoms with van der Waals surface area (Å²) >= 11 is 0. The molecule has 1 spiro atoms. The van der Waals surface area contributed by atoms with E-state index in [0.29, 0.717) is 12.1 Å². The summed E-state index contributed by atoms with van der Waals surface area (Å²) in [6.07, 6.45) is 4.65. The lowest BCUT2D eigenvalue weighted by Gasteiger charge is -2.56. The third-order valence-electron chi connectivity index (χ3n) is 8.08. The maximum Gasteiger partial charge on any atom is 0.254 e. The average molecular weight is 324 g/mol. The number of anilines is 1. The van der Waals surface area contributed by atoms with E-state index in [1.54, 1.807) is 0 Å². The van der Waals surface area contributed by atoms with Crippen LogP contribution in [0, 0.1) is 5.41 Å². The molecule has 0 unspecified atom stereocenters. The Kier molecular flexibility index (Phi) is 2.28. The molecule has 126 valence electrons. The maximum atomic E-state index is 12.9. The van der Waals surface area contributed by atoms with Crippen molar-refractivity contribution >= 4 is 11.6 Å². The first-order valence-corrected chi connectivity index (χ1v) is 9.43. The number of nitrogens with zero attached hydrogens (tertiary/aromatic N) is 2. The Hall–Kier alpha value is -1.55. The zero-order valence-electron chi connectivity index (χ0n) is 14.4. The number of hydrogen-bond donors (Lipinski definition) is 0. The predicted octanol–water partition coefficient (Wildman–Crippen LogP) is 2.31. The van der Waals surface area contributed by atoms with Gasteiger partial charge >= 0.3 is 0 Å². The highest BCUT2D eigenvalue weighted by Gasteiger charge is 2.76. The van der Waals surface area contributed by atoms with Crippen LogP contribution in [-0.4, -0.2) is 48.7 Å². The first-order valence-electron chi connectivity index (χ1n) is 9.43. The number of likely N-dealkylation sites (N-methyl/N-ethyl adjacent to an activating group) is 1. The number of carbonyl (C=O) groups excluding carboxylic acids is 1. The summed E-state index contributed by atoms with van der Waals surface area (Å²) in [6.45, 7) is 3.21. The highest BCUT2D eigenvalue weighted by atomic mass is 16.6. The summed E-state index contributed by atoms with van der Waals surface area (Å²) in [4.78, 5) is 17.6. The number of rotatable bonds is 1. The van der Waals surface area contributed by atoms with Crippen molar-refractivity contribution in [3.63, 3.8) is 0 Å². The SMILES string of the molecule is CC[C@]12CC[C@H]3N(C)c4ccccc4[C@]34CCN(C(=O)[C@H]3O[C@H]31)[C@H]24. The summed E-state index contributed by atoms with van der Waals surface area (Å²) in [5.41, 5.74) is 3.12. The monoisotopic (exact) mass is 324 g/mol. The number of fused-ring (bicyclic) bond motifs is 3. The number of hydrogen-bond acceptors (Lipinski definition) is 3. The fourth-order valence-electron chi connectivity index (χ4n) is 7.17. The van der Waals surface area contributed by atoms with Gasteiger partial charge in [0.05, 0.1) is 6.04 Å². The third kappa shape index (κ3) is 1.20. The molecule has 0 bridgehead atoms. The minimum absolute atomic E-state index is 0.103. The Labute approximate surface area is 142 Å². The minimum Gasteiger partial charge on any atom is -0.370 e. The molecule has 4 aliphatic heterocycles. The molecule has 1 amide bonds. The molecule has 4 heterocycles. The Morgan fingerprint density at radius 3 is 2.96 bits per heavy atom. The number of epoxide rings is 1. The molecule has 5 aliphatic rings. The van der Waals surface area contributed by atoms with Crippen molar-refractivity contribution in [2.24, 2.45) is 5.41 Å². The summed E-state index contributed by atoms with van der Waals surface area (Å²) in [5.74, 6) is 0.263. The lowest BCUT2D eigenvalue weighted by atomic mass is 9.52. The standard InChI is InChI=1S/C20H24N2O2/c1-3-19-9-8-14-20(12-6-4-5-7-13(12)21(14)2)10-11-22(18(19)20)17(23)15-16(19)24-15/h4-7,14-16,18H,3,8-11H2,1-2H3/t14-,15+,16-,18-,19+,20-/m1/s1. The normalized spacial score (nSPS) is 47.2. The van der Waals surface area contributed by atoms with Crippen molar-refractivity contribution < 1.29 is 9.53 Å². The second kappa shape index (κ2) is 3.98. The number of amides is 1. The largest absolute Gasteiger partial charge is 0.370 e. The van der Waals surface area contributed by atoms with Crippen LogP contribution in [0.5, 0.6) is 0 Å². The summed E-state index contributed by atoms with van der Waals surface area (Å²) in [6, 6.07) is 9.75. The fraction of sp³-hybridized carbons (Fsp3) is 0.650. The van der Waals surface area contributed by atoms with Gasteiger partial charge in [0, 0.05) is 36.2 Å². The van der Waals surface area contributed by atoms with Crippen LogP contribution in [0.2, 0.25) is 0 Å². The maximum absolute atomic E-state index is 12.9. The van der Waals surface area contributed by atoms with Crippen molar-refractivity contribution in [1.29, 1.82) is 0 Å². The molecular weight excluding hydrogens is 300 g/mol. The van der Waals surface area contributed by atoms with Crippen LogP contribution in [0.1, 0.15) is 38.2 Å². The van der Waals surface area contributed by atoms with Gasteiger partial charge in [0.25, 0.3) is 5.91 Å². The van der Waals surface area contributed by atoms with Crippen molar-refractivity contribution in [3.05, 3.63) is 29.8 Å². The van der Waals surface area contributed by atoms with Gasteiger partial charge in [0.15, 0.2) is 6.10 Å². The molecular formula is C20H24N2O2. The van der Waals surface area contributed by atoms with E-state index < -0.39 is 0 Å². The van der Waals surface area contributed by atoms with Crippen LogP contribution in [0.3, 0.4) is 0 Å². The molecule has 0 aromatic heterocycles. The molecule has 0 N–H and O–H groups in total. The molecule has 0 radical (unpaired) electrons. The van der Waals surface area contributed by atoms with E-state index in [1.165, 1.54) is 24.1 Å². The van der Waals surface area contributed by atoms with Gasteiger partial charge < -0.3 is 14.5 Å². The lowest BCUT2D eigenvalue weighted by molar-refractivity contribution is -0.141. The minimum atomic E-state index is -0.137. The van der Waals surface area contributed by atoms with E-state index in [-0.39, 0.29) is 28.9 Å². The number of benzene rings is 1. The highest BCUT2D eigenvalue weighted by molar-refractivity contribution is 5.87. The number of carbonyl (C=O) groups is 1.